The molecule has 0 saturated carbocycles. The van der Waals surface area contributed by atoms with Crippen molar-refractivity contribution < 1.29 is 4.42 Å². The molecule has 5 rings (SSSR count). The SMILES string of the molecule is Cl.Nc1nn2c(=O)c3c(Cl)cccc3oc2c1-c1ccc(N2CCNCC2)cc1. The average Bonchev–Trinajstić information content (AvgIpc) is 3.05. The number of aromatic nitrogens is 2. The number of nitrogens with two attached hydrogens (primary N) is 1. The van der Waals surface area contributed by atoms with E-state index in [4.69, 9.17) is 21.8 Å². The van der Waals surface area contributed by atoms with E-state index >= 15 is 0 Å². The lowest BCUT2D eigenvalue weighted by atomic mass is 10.1. The molecule has 3 N–H and O–H groups in total. The fourth-order valence-electron chi connectivity index (χ4n) is 3.69. The number of benzene rings is 2. The van der Waals surface area contributed by atoms with Crippen molar-refractivity contribution in [3.05, 3.63) is 57.8 Å². The lowest BCUT2D eigenvalue weighted by Crippen LogP contribution is -2.43. The molecule has 0 bridgehead atoms. The molecule has 0 spiro atoms. The van der Waals surface area contributed by atoms with E-state index in [0.29, 0.717) is 27.3 Å². The van der Waals surface area contributed by atoms with Gasteiger partial charge >= 0.3 is 0 Å². The number of piperazine rings is 1. The first-order valence-electron chi connectivity index (χ1n) is 9.09. The molecular weight excluding hydrogens is 413 g/mol. The lowest BCUT2D eigenvalue weighted by molar-refractivity contribution is 0.589. The molecule has 0 radical (unpaired) electrons. The van der Waals surface area contributed by atoms with Crippen LogP contribution >= 0.6 is 24.0 Å². The Kier molecular flexibility index (Phi) is 5.12. The highest BCUT2D eigenvalue weighted by molar-refractivity contribution is 6.35. The molecule has 1 fully saturated rings. The number of hydrogen-bond acceptors (Lipinski definition) is 6. The highest BCUT2D eigenvalue weighted by atomic mass is 35.5. The number of hydrogen-bond donors (Lipinski definition) is 2. The van der Waals surface area contributed by atoms with E-state index in [0.717, 1.165) is 37.4 Å². The smallest absolute Gasteiger partial charge is 0.286 e. The number of fused-ring (bicyclic) bond motifs is 2. The van der Waals surface area contributed by atoms with Crippen LogP contribution in [0.15, 0.2) is 51.7 Å². The van der Waals surface area contributed by atoms with E-state index in [2.05, 4.69) is 27.4 Å². The van der Waals surface area contributed by atoms with Crippen molar-refractivity contribution in [3.63, 3.8) is 0 Å². The molecule has 29 heavy (non-hydrogen) atoms. The first kappa shape index (κ1) is 19.6. The van der Waals surface area contributed by atoms with Crippen LogP contribution in [0.3, 0.4) is 0 Å². The van der Waals surface area contributed by atoms with Gasteiger partial charge < -0.3 is 20.4 Å². The molecule has 1 saturated heterocycles. The van der Waals surface area contributed by atoms with E-state index in [1.54, 1.807) is 18.2 Å². The number of nitrogen functional groups attached to an aromatic ring is 1. The summed E-state index contributed by atoms with van der Waals surface area (Å²) in [5.74, 6) is 0.238. The Bertz CT molecular complexity index is 1240. The number of rotatable bonds is 2. The monoisotopic (exact) mass is 431 g/mol. The quantitative estimate of drug-likeness (QED) is 0.506. The van der Waals surface area contributed by atoms with Crippen LogP contribution in [-0.4, -0.2) is 35.8 Å². The molecule has 1 aliphatic heterocycles. The molecular formula is C20H19Cl2N5O2. The summed E-state index contributed by atoms with van der Waals surface area (Å²) in [7, 11) is 0. The number of anilines is 2. The van der Waals surface area contributed by atoms with Gasteiger partial charge in [0.25, 0.3) is 5.56 Å². The van der Waals surface area contributed by atoms with Gasteiger partial charge in [0.2, 0.25) is 5.71 Å². The van der Waals surface area contributed by atoms with Crippen molar-refractivity contribution in [1.82, 2.24) is 14.9 Å². The number of nitrogens with one attached hydrogen (secondary N) is 1. The molecule has 0 aliphatic carbocycles. The normalized spacial score (nSPS) is 14.3. The van der Waals surface area contributed by atoms with Gasteiger partial charge in [-0.2, -0.15) is 4.52 Å². The Balaban J connectivity index is 0.00000205. The predicted octanol–water partition coefficient (Wildman–Crippen LogP) is 3.17. The van der Waals surface area contributed by atoms with Crippen LogP contribution in [0.1, 0.15) is 0 Å². The maximum atomic E-state index is 12.9. The standard InChI is InChI=1S/C20H18ClN5O2.ClH/c21-14-2-1-3-15-17(14)19(27)26-20(28-15)16(18(22)24-26)12-4-6-13(7-5-12)25-10-8-23-9-11-25;/h1-7,23H,8-11H2,(H2,22,24);1H. The molecule has 3 heterocycles. The minimum Gasteiger partial charge on any atom is -0.437 e. The topological polar surface area (TPSA) is 88.8 Å². The summed E-state index contributed by atoms with van der Waals surface area (Å²) in [4.78, 5) is 15.2. The van der Waals surface area contributed by atoms with Crippen LogP contribution in [0.25, 0.3) is 27.8 Å². The summed E-state index contributed by atoms with van der Waals surface area (Å²) >= 11 is 6.18. The van der Waals surface area contributed by atoms with E-state index in [9.17, 15) is 4.79 Å². The summed E-state index contributed by atoms with van der Waals surface area (Å²) in [5.41, 5.74) is 9.12. The minimum atomic E-state index is -0.350. The van der Waals surface area contributed by atoms with Crippen molar-refractivity contribution in [2.45, 2.75) is 0 Å². The molecule has 2 aromatic carbocycles. The Labute approximate surface area is 177 Å². The van der Waals surface area contributed by atoms with Crippen LogP contribution < -0.4 is 21.5 Å². The molecule has 0 atom stereocenters. The Morgan fingerprint density at radius 2 is 1.83 bits per heavy atom. The number of halogens is 2. The summed E-state index contributed by atoms with van der Waals surface area (Å²) < 4.78 is 7.16. The summed E-state index contributed by atoms with van der Waals surface area (Å²) in [5, 5.41) is 8.17. The molecule has 0 amide bonds. The first-order valence-corrected chi connectivity index (χ1v) is 9.47. The Morgan fingerprint density at radius 1 is 1.10 bits per heavy atom. The van der Waals surface area contributed by atoms with Gasteiger partial charge in [0.1, 0.15) is 11.0 Å². The third-order valence-electron chi connectivity index (χ3n) is 5.10. The fraction of sp³-hybridized carbons (Fsp3) is 0.200. The van der Waals surface area contributed by atoms with Gasteiger partial charge in [-0.25, -0.2) is 0 Å². The molecule has 9 heteroatoms. The van der Waals surface area contributed by atoms with E-state index in [-0.39, 0.29) is 23.8 Å². The van der Waals surface area contributed by atoms with Crippen LogP contribution in [-0.2, 0) is 0 Å². The van der Waals surface area contributed by atoms with Gasteiger partial charge in [-0.15, -0.1) is 17.5 Å². The van der Waals surface area contributed by atoms with E-state index < -0.39 is 0 Å². The second-order valence-electron chi connectivity index (χ2n) is 6.78. The fourth-order valence-corrected chi connectivity index (χ4v) is 3.94. The second-order valence-corrected chi connectivity index (χ2v) is 7.19. The zero-order valence-corrected chi connectivity index (χ0v) is 17.0. The molecule has 4 aromatic rings. The van der Waals surface area contributed by atoms with E-state index in [1.807, 2.05) is 12.1 Å². The van der Waals surface area contributed by atoms with Gasteiger partial charge in [0.15, 0.2) is 5.82 Å². The summed E-state index contributed by atoms with van der Waals surface area (Å²) in [6.45, 7) is 3.90. The molecule has 1 aliphatic rings. The van der Waals surface area contributed by atoms with Crippen molar-refractivity contribution >= 4 is 52.2 Å². The maximum Gasteiger partial charge on any atom is 0.286 e. The van der Waals surface area contributed by atoms with Crippen molar-refractivity contribution in [2.75, 3.05) is 36.8 Å². The van der Waals surface area contributed by atoms with Crippen molar-refractivity contribution in [1.29, 1.82) is 0 Å². The largest absolute Gasteiger partial charge is 0.437 e. The lowest BCUT2D eigenvalue weighted by Gasteiger charge is -2.29. The second kappa shape index (κ2) is 7.59. The van der Waals surface area contributed by atoms with Gasteiger partial charge in [-0.3, -0.25) is 4.79 Å². The van der Waals surface area contributed by atoms with E-state index in [1.165, 1.54) is 4.52 Å². The first-order chi connectivity index (χ1) is 13.6. The van der Waals surface area contributed by atoms with Crippen LogP contribution in [0, 0.1) is 0 Å². The highest BCUT2D eigenvalue weighted by Gasteiger charge is 2.20. The number of nitrogens with zero attached hydrogens (tertiary/aromatic N) is 3. The maximum absolute atomic E-state index is 12.9. The Hall–Kier alpha value is -2.74. The summed E-state index contributed by atoms with van der Waals surface area (Å²) in [6.07, 6.45) is 0. The zero-order valence-electron chi connectivity index (χ0n) is 15.4. The molecule has 0 unspecified atom stereocenters. The van der Waals surface area contributed by atoms with Crippen LogP contribution in [0.5, 0.6) is 0 Å². The van der Waals surface area contributed by atoms with Gasteiger partial charge in [0, 0.05) is 31.9 Å². The minimum absolute atomic E-state index is 0. The third-order valence-corrected chi connectivity index (χ3v) is 5.41. The van der Waals surface area contributed by atoms with Gasteiger partial charge in [0.05, 0.1) is 10.6 Å². The third kappa shape index (κ3) is 3.21. The average molecular weight is 432 g/mol. The van der Waals surface area contributed by atoms with Crippen molar-refractivity contribution in [2.24, 2.45) is 0 Å². The van der Waals surface area contributed by atoms with Crippen LogP contribution in [0.2, 0.25) is 5.02 Å². The predicted molar refractivity (Wildman–Crippen MR) is 118 cm³/mol. The Morgan fingerprint density at radius 3 is 2.55 bits per heavy atom. The van der Waals surface area contributed by atoms with Gasteiger partial charge in [-0.05, 0) is 29.8 Å². The zero-order chi connectivity index (χ0) is 19.3. The highest BCUT2D eigenvalue weighted by Crippen LogP contribution is 2.33. The van der Waals surface area contributed by atoms with Crippen LogP contribution in [0.4, 0.5) is 11.5 Å². The molecule has 7 nitrogen and oxygen atoms in total. The summed E-state index contributed by atoms with van der Waals surface area (Å²) in [6, 6.07) is 13.2. The van der Waals surface area contributed by atoms with Crippen molar-refractivity contribution in [3.8, 4) is 11.1 Å². The van der Waals surface area contributed by atoms with Gasteiger partial charge in [-0.1, -0.05) is 29.8 Å². The molecule has 150 valence electrons. The molecule has 2 aromatic heterocycles.